The van der Waals surface area contributed by atoms with E-state index >= 15 is 0 Å². The van der Waals surface area contributed by atoms with Gasteiger partial charge in [-0.3, -0.25) is 14.4 Å². The molecule has 0 saturated carbocycles. The number of likely N-dealkylation sites (tertiary alicyclic amines) is 1. The Kier molecular flexibility index (Phi) is 6.50. The van der Waals surface area contributed by atoms with Gasteiger partial charge in [0.2, 0.25) is 11.7 Å². The number of benzene rings is 2. The third kappa shape index (κ3) is 4.80. The van der Waals surface area contributed by atoms with E-state index in [4.69, 9.17) is 4.74 Å². The monoisotopic (exact) mass is 430 g/mol. The number of aromatic amines is 1. The van der Waals surface area contributed by atoms with Gasteiger partial charge in [-0.15, -0.1) is 0 Å². The largest absolute Gasteiger partial charge is 0.454 e. The second kappa shape index (κ2) is 9.64. The number of carbonyl (C=O) groups is 3. The number of rotatable bonds is 6. The minimum Gasteiger partial charge on any atom is -0.454 e. The van der Waals surface area contributed by atoms with Crippen molar-refractivity contribution in [3.05, 3.63) is 78.0 Å². The maximum atomic E-state index is 12.8. The number of aromatic nitrogens is 1. The minimum atomic E-state index is -0.866. The van der Waals surface area contributed by atoms with Crippen molar-refractivity contribution in [2.45, 2.75) is 25.9 Å². The normalized spacial score (nSPS) is 15.7. The van der Waals surface area contributed by atoms with E-state index in [2.05, 4.69) is 4.98 Å². The van der Waals surface area contributed by atoms with Gasteiger partial charge in [0.05, 0.1) is 5.92 Å². The number of hydrogen-bond acceptors (Lipinski definition) is 4. The molecule has 0 bridgehead atoms. The van der Waals surface area contributed by atoms with Gasteiger partial charge in [0, 0.05) is 41.8 Å². The molecule has 0 aliphatic carbocycles. The minimum absolute atomic E-state index is 0.0662. The number of nitrogens with one attached hydrogen (secondary N) is 1. The van der Waals surface area contributed by atoms with Crippen molar-refractivity contribution >= 4 is 34.6 Å². The number of H-pyrrole nitrogens is 1. The number of Topliss-reactive ketones (excluding diaryl/α,β-unsaturated/α-hetero) is 1. The van der Waals surface area contributed by atoms with Crippen molar-refractivity contribution < 1.29 is 19.1 Å². The van der Waals surface area contributed by atoms with Gasteiger partial charge in [-0.25, -0.2) is 0 Å². The van der Waals surface area contributed by atoms with Crippen LogP contribution < -0.4 is 0 Å². The van der Waals surface area contributed by atoms with Gasteiger partial charge in [-0.2, -0.15) is 0 Å². The molecule has 6 heteroatoms. The third-order valence-corrected chi connectivity index (χ3v) is 5.87. The number of esters is 1. The molecule has 32 heavy (non-hydrogen) atoms. The molecule has 1 saturated heterocycles. The van der Waals surface area contributed by atoms with E-state index in [1.165, 1.54) is 0 Å². The fourth-order valence-electron chi connectivity index (χ4n) is 3.99. The van der Waals surface area contributed by atoms with Crippen LogP contribution in [0.15, 0.2) is 66.9 Å². The number of ketones is 1. The molecular weight excluding hydrogens is 404 g/mol. The van der Waals surface area contributed by atoms with Crippen LogP contribution in [0.25, 0.3) is 17.0 Å². The van der Waals surface area contributed by atoms with E-state index in [1.54, 1.807) is 30.2 Å². The molecule has 1 aromatic heterocycles. The molecule has 0 radical (unpaired) electrons. The fraction of sp³-hybridized carbons (Fsp3) is 0.269. The molecule has 1 amide bonds. The standard InChI is InChI=1S/C26H26N2O4/c1-18(25(30)22-17-27-23-10-6-5-9-21(22)23)32-26(31)20-13-15-28(16-14-20)24(29)12-11-19-7-3-2-4-8-19/h2-12,17-18,20,27H,13-16H2,1H3/b12-11+. The number of para-hydroxylation sites is 1. The van der Waals surface area contributed by atoms with Crippen molar-refractivity contribution in [2.75, 3.05) is 13.1 Å². The molecule has 1 unspecified atom stereocenters. The Morgan fingerprint density at radius 2 is 1.72 bits per heavy atom. The van der Waals surface area contributed by atoms with Gasteiger partial charge in [0.15, 0.2) is 6.10 Å². The number of nitrogens with zero attached hydrogens (tertiary/aromatic N) is 1. The first kappa shape index (κ1) is 21.6. The van der Waals surface area contributed by atoms with Gasteiger partial charge < -0.3 is 14.6 Å². The van der Waals surface area contributed by atoms with Gasteiger partial charge in [-0.1, -0.05) is 48.5 Å². The zero-order chi connectivity index (χ0) is 22.5. The summed E-state index contributed by atoms with van der Waals surface area (Å²) in [5.41, 5.74) is 2.35. The van der Waals surface area contributed by atoms with Crippen molar-refractivity contribution in [2.24, 2.45) is 5.92 Å². The highest BCUT2D eigenvalue weighted by Crippen LogP contribution is 2.23. The number of piperidine rings is 1. The molecule has 4 rings (SSSR count). The van der Waals surface area contributed by atoms with Crippen LogP contribution in [-0.2, 0) is 14.3 Å². The number of fused-ring (bicyclic) bond motifs is 1. The topological polar surface area (TPSA) is 79.5 Å². The van der Waals surface area contributed by atoms with Crippen LogP contribution in [-0.4, -0.2) is 46.7 Å². The van der Waals surface area contributed by atoms with E-state index in [0.717, 1.165) is 16.5 Å². The van der Waals surface area contributed by atoms with Gasteiger partial charge in [-0.05, 0) is 37.5 Å². The highest BCUT2D eigenvalue weighted by Gasteiger charge is 2.30. The molecule has 2 aromatic carbocycles. The number of amides is 1. The summed E-state index contributed by atoms with van der Waals surface area (Å²) in [6, 6.07) is 17.2. The average Bonchev–Trinajstić information content (AvgIpc) is 3.27. The zero-order valence-electron chi connectivity index (χ0n) is 18.0. The number of hydrogen-bond donors (Lipinski definition) is 1. The molecule has 2 heterocycles. The lowest BCUT2D eigenvalue weighted by Crippen LogP contribution is -2.40. The highest BCUT2D eigenvalue weighted by molar-refractivity contribution is 6.10. The highest BCUT2D eigenvalue weighted by atomic mass is 16.5. The molecule has 164 valence electrons. The first-order valence-electron chi connectivity index (χ1n) is 10.9. The fourth-order valence-corrected chi connectivity index (χ4v) is 3.99. The molecule has 1 aliphatic rings. The Balaban J connectivity index is 1.29. The second-order valence-electron chi connectivity index (χ2n) is 8.03. The van der Waals surface area contributed by atoms with Crippen molar-refractivity contribution in [3.63, 3.8) is 0 Å². The Bertz CT molecular complexity index is 1140. The predicted octanol–water partition coefficient (Wildman–Crippen LogP) is 4.23. The lowest BCUT2D eigenvalue weighted by atomic mass is 9.96. The SMILES string of the molecule is CC(OC(=O)C1CCN(C(=O)/C=C/c2ccccc2)CC1)C(=O)c1c[nH]c2ccccc12. The maximum absolute atomic E-state index is 12.8. The molecule has 0 spiro atoms. The molecule has 1 N–H and O–H groups in total. The van der Waals surface area contributed by atoms with Crippen LogP contribution in [0.2, 0.25) is 0 Å². The van der Waals surface area contributed by atoms with Crippen LogP contribution in [0.4, 0.5) is 0 Å². The summed E-state index contributed by atoms with van der Waals surface area (Å²) < 4.78 is 5.51. The molecule has 1 atom stereocenters. The second-order valence-corrected chi connectivity index (χ2v) is 8.03. The zero-order valence-corrected chi connectivity index (χ0v) is 18.0. The van der Waals surface area contributed by atoms with E-state index in [1.807, 2.05) is 54.6 Å². The summed E-state index contributed by atoms with van der Waals surface area (Å²) in [6.07, 6.45) is 5.20. The summed E-state index contributed by atoms with van der Waals surface area (Å²) in [7, 11) is 0. The summed E-state index contributed by atoms with van der Waals surface area (Å²) in [4.78, 5) is 42.7. The summed E-state index contributed by atoms with van der Waals surface area (Å²) in [6.45, 7) is 2.58. The molecule has 3 aromatic rings. The van der Waals surface area contributed by atoms with E-state index < -0.39 is 6.10 Å². The Morgan fingerprint density at radius 1 is 1.03 bits per heavy atom. The van der Waals surface area contributed by atoms with E-state index in [9.17, 15) is 14.4 Å². The number of ether oxygens (including phenoxy) is 1. The third-order valence-electron chi connectivity index (χ3n) is 5.87. The average molecular weight is 431 g/mol. The first-order chi connectivity index (χ1) is 15.5. The van der Waals surface area contributed by atoms with Crippen LogP contribution in [0.3, 0.4) is 0 Å². The number of carbonyl (C=O) groups excluding carboxylic acids is 3. The Labute approximate surface area is 186 Å². The van der Waals surface area contributed by atoms with Crippen LogP contribution >= 0.6 is 0 Å². The summed E-state index contributed by atoms with van der Waals surface area (Å²) in [5.74, 6) is -0.981. The van der Waals surface area contributed by atoms with Crippen LogP contribution in [0.1, 0.15) is 35.7 Å². The molecular formula is C26H26N2O4. The van der Waals surface area contributed by atoms with Crippen LogP contribution in [0, 0.1) is 5.92 Å². The van der Waals surface area contributed by atoms with E-state index in [-0.39, 0.29) is 23.6 Å². The molecule has 6 nitrogen and oxygen atoms in total. The summed E-state index contributed by atoms with van der Waals surface area (Å²) >= 11 is 0. The smallest absolute Gasteiger partial charge is 0.309 e. The Morgan fingerprint density at radius 3 is 2.47 bits per heavy atom. The first-order valence-corrected chi connectivity index (χ1v) is 10.9. The molecule has 1 aliphatic heterocycles. The Hall–Kier alpha value is -3.67. The molecule has 1 fully saturated rings. The summed E-state index contributed by atoms with van der Waals surface area (Å²) in [5, 5.41) is 0.816. The lowest BCUT2D eigenvalue weighted by Gasteiger charge is -2.30. The van der Waals surface area contributed by atoms with Crippen LogP contribution in [0.5, 0.6) is 0 Å². The lowest BCUT2D eigenvalue weighted by molar-refractivity contribution is -0.153. The van der Waals surface area contributed by atoms with Gasteiger partial charge >= 0.3 is 5.97 Å². The predicted molar refractivity (Wildman–Crippen MR) is 123 cm³/mol. The maximum Gasteiger partial charge on any atom is 0.309 e. The van der Waals surface area contributed by atoms with Crippen molar-refractivity contribution in [3.8, 4) is 0 Å². The van der Waals surface area contributed by atoms with E-state index in [0.29, 0.717) is 31.5 Å². The van der Waals surface area contributed by atoms with Gasteiger partial charge in [0.1, 0.15) is 0 Å². The van der Waals surface area contributed by atoms with Crippen molar-refractivity contribution in [1.82, 2.24) is 9.88 Å². The van der Waals surface area contributed by atoms with Crippen molar-refractivity contribution in [1.29, 1.82) is 0 Å². The quantitative estimate of drug-likeness (QED) is 0.361. The van der Waals surface area contributed by atoms with Gasteiger partial charge in [0.25, 0.3) is 0 Å².